The molecule has 0 aliphatic heterocycles. The predicted molar refractivity (Wildman–Crippen MR) is 97.7 cm³/mol. The fourth-order valence-corrected chi connectivity index (χ4v) is 4.14. The molecule has 1 amide bonds. The van der Waals surface area contributed by atoms with Crippen LogP contribution in [-0.2, 0) is 17.9 Å². The number of amides is 1. The Hall–Kier alpha value is -2.55. The van der Waals surface area contributed by atoms with Gasteiger partial charge in [-0.15, -0.1) is 5.10 Å². The summed E-state index contributed by atoms with van der Waals surface area (Å²) in [6.45, 7) is 0.779. The molecule has 0 unspecified atom stereocenters. The Labute approximate surface area is 160 Å². The molecule has 142 valence electrons. The van der Waals surface area contributed by atoms with E-state index in [1.54, 1.807) is 17.4 Å². The summed E-state index contributed by atoms with van der Waals surface area (Å²) in [5.74, 6) is 1.70. The molecule has 0 atom stereocenters. The van der Waals surface area contributed by atoms with Gasteiger partial charge < -0.3 is 13.7 Å². The molecule has 3 heterocycles. The summed E-state index contributed by atoms with van der Waals surface area (Å²) in [6.07, 6.45) is 7.80. The second-order valence-electron chi connectivity index (χ2n) is 6.54. The van der Waals surface area contributed by atoms with E-state index in [4.69, 9.17) is 8.83 Å². The van der Waals surface area contributed by atoms with Gasteiger partial charge in [-0.2, -0.15) is 0 Å². The molecule has 0 spiro atoms. The summed E-state index contributed by atoms with van der Waals surface area (Å²) in [7, 11) is 0. The molecular formula is C18H21N5O3S. The zero-order chi connectivity index (χ0) is 18.5. The third-order valence-electron chi connectivity index (χ3n) is 4.66. The van der Waals surface area contributed by atoms with Crippen molar-refractivity contribution in [2.75, 3.05) is 5.75 Å². The first-order valence-corrected chi connectivity index (χ1v) is 10.0. The van der Waals surface area contributed by atoms with Crippen LogP contribution in [0.4, 0.5) is 0 Å². The lowest BCUT2D eigenvalue weighted by Gasteiger charge is -2.20. The standard InChI is InChI=1S/C18H21N5O3S/c24-17(13-27-18-19-20-21-23(18)14-5-1-2-6-14)22(11-15-7-3-9-25-15)12-16-8-4-10-26-16/h3-4,7-10,14H,1-2,5-6,11-13H2. The summed E-state index contributed by atoms with van der Waals surface area (Å²) in [4.78, 5) is 14.6. The van der Waals surface area contributed by atoms with Crippen LogP contribution in [-0.4, -0.2) is 36.8 Å². The monoisotopic (exact) mass is 387 g/mol. The van der Waals surface area contributed by atoms with Crippen LogP contribution in [0.25, 0.3) is 0 Å². The topological polar surface area (TPSA) is 90.2 Å². The molecule has 3 aromatic rings. The van der Waals surface area contributed by atoms with E-state index >= 15 is 0 Å². The van der Waals surface area contributed by atoms with Crippen LogP contribution >= 0.6 is 11.8 Å². The van der Waals surface area contributed by atoms with Crippen molar-refractivity contribution >= 4 is 17.7 Å². The van der Waals surface area contributed by atoms with Gasteiger partial charge in [0.25, 0.3) is 0 Å². The van der Waals surface area contributed by atoms with Gasteiger partial charge in [0.1, 0.15) is 11.5 Å². The van der Waals surface area contributed by atoms with Crippen LogP contribution < -0.4 is 0 Å². The Morgan fingerprint density at radius 3 is 2.41 bits per heavy atom. The van der Waals surface area contributed by atoms with Crippen molar-refractivity contribution < 1.29 is 13.6 Å². The summed E-state index contributed by atoms with van der Waals surface area (Å²) >= 11 is 1.38. The predicted octanol–water partition coefficient (Wildman–Crippen LogP) is 3.30. The minimum Gasteiger partial charge on any atom is -0.467 e. The highest BCUT2D eigenvalue weighted by Crippen LogP contribution is 2.31. The molecule has 0 radical (unpaired) electrons. The molecule has 9 heteroatoms. The molecule has 1 fully saturated rings. The average Bonchev–Trinajstić information content (AvgIpc) is 3.47. The first-order chi connectivity index (χ1) is 13.3. The normalized spacial score (nSPS) is 14.7. The van der Waals surface area contributed by atoms with Gasteiger partial charge in [-0.25, -0.2) is 4.68 Å². The SMILES string of the molecule is O=C(CSc1nnnn1C1CCCC1)N(Cc1ccco1)Cc1ccco1. The summed E-state index contributed by atoms with van der Waals surface area (Å²) in [6, 6.07) is 7.69. The Morgan fingerprint density at radius 1 is 1.15 bits per heavy atom. The molecule has 27 heavy (non-hydrogen) atoms. The van der Waals surface area contributed by atoms with Gasteiger partial charge in [-0.05, 0) is 47.5 Å². The van der Waals surface area contributed by atoms with E-state index in [-0.39, 0.29) is 11.7 Å². The fourth-order valence-electron chi connectivity index (χ4n) is 3.29. The van der Waals surface area contributed by atoms with Crippen LogP contribution in [0.15, 0.2) is 50.8 Å². The maximum Gasteiger partial charge on any atom is 0.233 e. The number of hydrogen-bond donors (Lipinski definition) is 0. The number of furan rings is 2. The number of tetrazole rings is 1. The van der Waals surface area contributed by atoms with Crippen LogP contribution in [0.3, 0.4) is 0 Å². The maximum atomic E-state index is 12.9. The quantitative estimate of drug-likeness (QED) is 0.548. The Morgan fingerprint density at radius 2 is 1.81 bits per heavy atom. The van der Waals surface area contributed by atoms with E-state index in [2.05, 4.69) is 15.5 Å². The number of carbonyl (C=O) groups is 1. The minimum atomic E-state index is -0.0197. The van der Waals surface area contributed by atoms with Crippen LogP contribution in [0.1, 0.15) is 43.2 Å². The molecule has 0 aromatic carbocycles. The summed E-state index contributed by atoms with van der Waals surface area (Å²) in [5.41, 5.74) is 0. The molecule has 0 N–H and O–H groups in total. The molecule has 4 rings (SSSR count). The summed E-state index contributed by atoms with van der Waals surface area (Å²) in [5, 5.41) is 12.7. The van der Waals surface area contributed by atoms with E-state index < -0.39 is 0 Å². The number of thioether (sulfide) groups is 1. The molecule has 3 aromatic heterocycles. The van der Waals surface area contributed by atoms with Gasteiger partial charge >= 0.3 is 0 Å². The van der Waals surface area contributed by atoms with Gasteiger partial charge in [0.05, 0.1) is 37.4 Å². The van der Waals surface area contributed by atoms with Crippen molar-refractivity contribution in [2.24, 2.45) is 0 Å². The summed E-state index contributed by atoms with van der Waals surface area (Å²) < 4.78 is 12.7. The highest BCUT2D eigenvalue weighted by molar-refractivity contribution is 7.99. The zero-order valence-electron chi connectivity index (χ0n) is 14.9. The molecule has 0 saturated heterocycles. The number of aromatic nitrogens is 4. The molecule has 0 bridgehead atoms. The van der Waals surface area contributed by atoms with Crippen molar-refractivity contribution in [3.63, 3.8) is 0 Å². The average molecular weight is 387 g/mol. The lowest BCUT2D eigenvalue weighted by atomic mass is 10.3. The van der Waals surface area contributed by atoms with E-state index in [1.165, 1.54) is 24.6 Å². The van der Waals surface area contributed by atoms with Gasteiger partial charge in [0, 0.05) is 0 Å². The van der Waals surface area contributed by atoms with Crippen molar-refractivity contribution in [3.05, 3.63) is 48.3 Å². The van der Waals surface area contributed by atoms with Gasteiger partial charge in [0.2, 0.25) is 11.1 Å². The van der Waals surface area contributed by atoms with Gasteiger partial charge in [-0.1, -0.05) is 24.6 Å². The van der Waals surface area contributed by atoms with Gasteiger partial charge in [0.15, 0.2) is 0 Å². The van der Waals surface area contributed by atoms with Crippen LogP contribution in [0.2, 0.25) is 0 Å². The number of rotatable bonds is 8. The first kappa shape index (κ1) is 17.8. The minimum absolute atomic E-state index is 0.0197. The molecule has 1 aliphatic rings. The van der Waals surface area contributed by atoms with Gasteiger partial charge in [-0.3, -0.25) is 4.79 Å². The van der Waals surface area contributed by atoms with Crippen molar-refractivity contribution in [1.29, 1.82) is 0 Å². The highest BCUT2D eigenvalue weighted by Gasteiger charge is 2.23. The van der Waals surface area contributed by atoms with E-state index in [9.17, 15) is 4.79 Å². The second-order valence-corrected chi connectivity index (χ2v) is 7.48. The lowest BCUT2D eigenvalue weighted by Crippen LogP contribution is -2.31. The third kappa shape index (κ3) is 4.41. The van der Waals surface area contributed by atoms with E-state index in [1.807, 2.05) is 28.9 Å². The third-order valence-corrected chi connectivity index (χ3v) is 5.58. The number of nitrogens with zero attached hydrogens (tertiary/aromatic N) is 5. The Bertz CT molecular complexity index is 804. The maximum absolute atomic E-state index is 12.9. The molecule has 8 nitrogen and oxygen atoms in total. The fraction of sp³-hybridized carbons (Fsp3) is 0.444. The van der Waals surface area contributed by atoms with Crippen molar-refractivity contribution in [2.45, 2.75) is 50.0 Å². The van der Waals surface area contributed by atoms with E-state index in [0.717, 1.165) is 24.4 Å². The Kier molecular flexibility index (Phi) is 5.57. The molecular weight excluding hydrogens is 366 g/mol. The lowest BCUT2D eigenvalue weighted by molar-refractivity contribution is -0.130. The highest BCUT2D eigenvalue weighted by atomic mass is 32.2. The number of carbonyl (C=O) groups excluding carboxylic acids is 1. The molecule has 1 aliphatic carbocycles. The van der Waals surface area contributed by atoms with Crippen molar-refractivity contribution in [3.8, 4) is 0 Å². The first-order valence-electron chi connectivity index (χ1n) is 9.03. The largest absolute Gasteiger partial charge is 0.467 e. The smallest absolute Gasteiger partial charge is 0.233 e. The number of hydrogen-bond acceptors (Lipinski definition) is 7. The zero-order valence-corrected chi connectivity index (χ0v) is 15.7. The van der Waals surface area contributed by atoms with Crippen LogP contribution in [0, 0.1) is 0 Å². The molecule has 1 saturated carbocycles. The second kappa shape index (κ2) is 8.43. The van der Waals surface area contributed by atoms with E-state index in [0.29, 0.717) is 24.3 Å². The van der Waals surface area contributed by atoms with Crippen molar-refractivity contribution in [1.82, 2.24) is 25.1 Å². The Balaban J connectivity index is 1.41. The van der Waals surface area contributed by atoms with Crippen LogP contribution in [0.5, 0.6) is 0 Å².